The molecule has 0 saturated heterocycles. The van der Waals surface area contributed by atoms with Crippen LogP contribution in [0.1, 0.15) is 0 Å². The van der Waals surface area contributed by atoms with E-state index in [2.05, 4.69) is 15.9 Å². The van der Waals surface area contributed by atoms with Gasteiger partial charge in [0.25, 0.3) is 0 Å². The third-order valence-corrected chi connectivity index (χ3v) is 2.22. The van der Waals surface area contributed by atoms with Crippen LogP contribution in [0.2, 0.25) is 0 Å². The van der Waals surface area contributed by atoms with Crippen LogP contribution in [0.4, 0.5) is 0 Å². The van der Waals surface area contributed by atoms with Crippen molar-refractivity contribution < 1.29 is 19.7 Å². The maximum atomic E-state index is 10.4. The monoisotopic (exact) mass is 280 g/mol. The van der Waals surface area contributed by atoms with Crippen molar-refractivity contribution in [1.29, 1.82) is 0 Å². The van der Waals surface area contributed by atoms with Crippen LogP contribution in [-0.4, -0.2) is 49.3 Å². The van der Waals surface area contributed by atoms with Gasteiger partial charge >= 0.3 is 29.6 Å². The number of rotatable bonds is 1. The van der Waals surface area contributed by atoms with Crippen molar-refractivity contribution in [3.8, 4) is 0 Å². The normalized spacial score (nSPS) is 10.0. The Kier molecular flexibility index (Phi) is 13.8. The fraction of sp³-hybridized carbons (Fsp3) is 0. The molecule has 0 saturated carbocycles. The van der Waals surface area contributed by atoms with E-state index < -0.39 is 11.1 Å². The number of benzene rings is 1. The van der Waals surface area contributed by atoms with Crippen LogP contribution in [0.15, 0.2) is 33.6 Å². The molecule has 1 unspecified atom stereocenters. The van der Waals surface area contributed by atoms with E-state index in [9.17, 15) is 4.21 Å². The van der Waals surface area contributed by atoms with E-state index >= 15 is 0 Å². The molecule has 1 aromatic carbocycles. The minimum absolute atomic E-state index is 0. The number of halogens is 1. The van der Waals surface area contributed by atoms with Crippen molar-refractivity contribution in [1.82, 2.24) is 0 Å². The number of hydrogen-bond acceptors (Lipinski definition) is 1. The quantitative estimate of drug-likeness (QED) is 0.566. The minimum atomic E-state index is -1.86. The average Bonchev–Trinajstić information content (AvgIpc) is 1.88. The molecule has 0 spiro atoms. The maximum absolute atomic E-state index is 10.4. The molecule has 4 nitrogen and oxygen atoms in total. The summed E-state index contributed by atoms with van der Waals surface area (Å²) < 4.78 is 19.9. The van der Waals surface area contributed by atoms with Crippen LogP contribution < -0.4 is 0 Å². The summed E-state index contributed by atoms with van der Waals surface area (Å²) in [6, 6.07) is 6.65. The average molecular weight is 281 g/mol. The molecule has 0 radical (unpaired) electrons. The standard InChI is InChI=1S/C6H5BrO2S.Na.2H2O.H/c7-5-1-3-6(4-2-5)10(8)9;;;;/h1-4H,(H,8,9);;2*1H2;. The zero-order chi connectivity index (χ0) is 7.56. The Morgan fingerprint density at radius 1 is 1.15 bits per heavy atom. The molecule has 72 valence electrons. The Bertz CT molecular complexity index is 253. The predicted octanol–water partition coefficient (Wildman–Crippen LogP) is -0.268. The van der Waals surface area contributed by atoms with Crippen LogP contribution in [0.3, 0.4) is 0 Å². The van der Waals surface area contributed by atoms with Gasteiger partial charge in [0, 0.05) is 4.47 Å². The van der Waals surface area contributed by atoms with Gasteiger partial charge in [-0.3, -0.25) is 0 Å². The third kappa shape index (κ3) is 6.75. The van der Waals surface area contributed by atoms with Crippen LogP contribution >= 0.6 is 15.9 Å². The molecule has 0 aliphatic carbocycles. The molecule has 0 bridgehead atoms. The molecule has 0 aliphatic heterocycles. The molecule has 0 amide bonds. The van der Waals surface area contributed by atoms with Crippen molar-refractivity contribution in [3.05, 3.63) is 28.7 Å². The predicted molar refractivity (Wildman–Crippen MR) is 57.6 cm³/mol. The Morgan fingerprint density at radius 2 is 1.54 bits per heavy atom. The summed E-state index contributed by atoms with van der Waals surface area (Å²) in [7, 11) is 0. The summed E-state index contributed by atoms with van der Waals surface area (Å²) in [5.74, 6) is 0. The summed E-state index contributed by atoms with van der Waals surface area (Å²) in [5, 5.41) is 0. The molecule has 0 aromatic heterocycles. The molecule has 0 aliphatic rings. The molecule has 13 heavy (non-hydrogen) atoms. The summed E-state index contributed by atoms with van der Waals surface area (Å²) in [4.78, 5) is 0.420. The van der Waals surface area contributed by atoms with Gasteiger partial charge in [-0.15, -0.1) is 0 Å². The molecular weight excluding hydrogens is 271 g/mol. The molecular formula is C6H10BrNaO4S. The summed E-state index contributed by atoms with van der Waals surface area (Å²) in [6.07, 6.45) is 0. The van der Waals surface area contributed by atoms with Gasteiger partial charge in [0.05, 0.1) is 4.90 Å². The second kappa shape index (κ2) is 9.29. The first-order valence-electron chi connectivity index (χ1n) is 2.56. The molecule has 1 aromatic rings. The van der Waals surface area contributed by atoms with E-state index in [1.165, 1.54) is 0 Å². The first-order chi connectivity index (χ1) is 4.70. The molecule has 1 atom stereocenters. The van der Waals surface area contributed by atoms with Crippen LogP contribution in [0.25, 0.3) is 0 Å². The van der Waals surface area contributed by atoms with E-state index in [4.69, 9.17) is 4.55 Å². The molecule has 1 rings (SSSR count). The second-order valence-electron chi connectivity index (χ2n) is 1.70. The second-order valence-corrected chi connectivity index (χ2v) is 3.59. The van der Waals surface area contributed by atoms with Crippen molar-refractivity contribution in [2.75, 3.05) is 0 Å². The van der Waals surface area contributed by atoms with Gasteiger partial charge in [-0.2, -0.15) is 0 Å². The van der Waals surface area contributed by atoms with E-state index in [0.29, 0.717) is 4.90 Å². The van der Waals surface area contributed by atoms with Gasteiger partial charge in [0.1, 0.15) is 0 Å². The van der Waals surface area contributed by atoms with Crippen molar-refractivity contribution in [3.63, 3.8) is 0 Å². The summed E-state index contributed by atoms with van der Waals surface area (Å²) >= 11 is 1.36. The molecule has 0 fully saturated rings. The Labute approximate surface area is 109 Å². The van der Waals surface area contributed by atoms with Gasteiger partial charge < -0.3 is 15.5 Å². The zero-order valence-electron chi connectivity index (χ0n) is 5.95. The zero-order valence-corrected chi connectivity index (χ0v) is 8.35. The first-order valence-corrected chi connectivity index (χ1v) is 4.46. The van der Waals surface area contributed by atoms with Gasteiger partial charge in [0.2, 0.25) is 0 Å². The summed E-state index contributed by atoms with van der Waals surface area (Å²) in [5.41, 5.74) is 0. The van der Waals surface area contributed by atoms with Gasteiger partial charge in [-0.05, 0) is 24.3 Å². The Hall–Kier alpha value is 0.730. The third-order valence-electron chi connectivity index (χ3n) is 1.02. The van der Waals surface area contributed by atoms with Crippen molar-refractivity contribution in [2.24, 2.45) is 0 Å². The van der Waals surface area contributed by atoms with E-state index in [1.807, 2.05) is 0 Å². The van der Waals surface area contributed by atoms with Gasteiger partial charge in [-0.1, -0.05) is 15.9 Å². The van der Waals surface area contributed by atoms with Crippen LogP contribution in [0, 0.1) is 0 Å². The Balaban J connectivity index is -0.000000333. The van der Waals surface area contributed by atoms with Gasteiger partial charge in [0.15, 0.2) is 11.1 Å². The first kappa shape index (κ1) is 19.3. The molecule has 7 heteroatoms. The summed E-state index contributed by atoms with van der Waals surface area (Å²) in [6.45, 7) is 0. The van der Waals surface area contributed by atoms with Crippen LogP contribution in [-0.2, 0) is 11.1 Å². The van der Waals surface area contributed by atoms with E-state index in [0.717, 1.165) is 4.47 Å². The van der Waals surface area contributed by atoms with Crippen molar-refractivity contribution >= 4 is 56.6 Å². The SMILES string of the molecule is O.O.O=S(O)c1ccc(Br)cc1.[NaH]. The fourth-order valence-corrected chi connectivity index (χ4v) is 1.18. The molecule has 5 N–H and O–H groups in total. The molecule has 0 heterocycles. The van der Waals surface area contributed by atoms with E-state index in [1.54, 1.807) is 24.3 Å². The van der Waals surface area contributed by atoms with Crippen LogP contribution in [0.5, 0.6) is 0 Å². The van der Waals surface area contributed by atoms with E-state index in [-0.39, 0.29) is 40.5 Å². The number of hydrogen-bond donors (Lipinski definition) is 1. The fourth-order valence-electron chi connectivity index (χ4n) is 0.551. The van der Waals surface area contributed by atoms with Gasteiger partial charge in [-0.25, -0.2) is 4.21 Å². The van der Waals surface area contributed by atoms with Crippen molar-refractivity contribution in [2.45, 2.75) is 4.90 Å². The Morgan fingerprint density at radius 3 is 1.85 bits per heavy atom. The topological polar surface area (TPSA) is 100 Å².